The number of esters is 1. The Bertz CT molecular complexity index is 1030. The number of hydrogen-bond donors (Lipinski definition) is 0. The van der Waals surface area contributed by atoms with Crippen molar-refractivity contribution >= 4 is 22.6 Å². The van der Waals surface area contributed by atoms with Crippen molar-refractivity contribution in [1.82, 2.24) is 0 Å². The third kappa shape index (κ3) is 4.06. The summed E-state index contributed by atoms with van der Waals surface area (Å²) in [4.78, 5) is 17.8. The van der Waals surface area contributed by atoms with E-state index in [-0.39, 0.29) is 0 Å². The number of nitrogens with zero attached hydrogens (tertiary/aromatic N) is 1. The molecule has 0 fully saturated rings. The first-order valence-electron chi connectivity index (χ1n) is 9.77. The number of cyclic esters (lactones) is 1. The van der Waals surface area contributed by atoms with Crippen LogP contribution < -0.4 is 0 Å². The molecule has 3 unspecified atom stereocenters. The predicted molar refractivity (Wildman–Crippen MR) is 112 cm³/mol. The van der Waals surface area contributed by atoms with Gasteiger partial charge in [-0.3, -0.25) is 0 Å². The lowest BCUT2D eigenvalue weighted by atomic mass is 9.99. The van der Waals surface area contributed by atoms with E-state index in [1.165, 1.54) is 0 Å². The number of hydrogen-bond acceptors (Lipinski definition) is 5. The van der Waals surface area contributed by atoms with Crippen molar-refractivity contribution in [2.45, 2.75) is 32.3 Å². The van der Waals surface area contributed by atoms with Crippen molar-refractivity contribution in [3.8, 4) is 0 Å². The predicted octanol–water partition coefficient (Wildman–Crippen LogP) is 4.65. The maximum absolute atomic E-state index is 13.0. The van der Waals surface area contributed by atoms with Crippen LogP contribution in [0.3, 0.4) is 0 Å². The van der Waals surface area contributed by atoms with Gasteiger partial charge < -0.3 is 14.2 Å². The van der Waals surface area contributed by atoms with Crippen LogP contribution in [0, 0.1) is 0 Å². The van der Waals surface area contributed by atoms with Crippen molar-refractivity contribution in [2.75, 3.05) is 6.61 Å². The van der Waals surface area contributed by atoms with Crippen LogP contribution in [0.5, 0.6) is 0 Å². The fraction of sp³-hybridized carbons (Fsp3) is 0.250. The van der Waals surface area contributed by atoms with Crippen LogP contribution in [0.2, 0.25) is 0 Å². The summed E-state index contributed by atoms with van der Waals surface area (Å²) in [5, 5.41) is 2.04. The van der Waals surface area contributed by atoms with Gasteiger partial charge in [0.25, 0.3) is 0 Å². The Morgan fingerprint density at radius 2 is 1.72 bits per heavy atom. The Labute approximate surface area is 169 Å². The maximum atomic E-state index is 13.0. The van der Waals surface area contributed by atoms with Gasteiger partial charge in [-0.2, -0.15) is 0 Å². The molecule has 0 aliphatic carbocycles. The molecule has 1 aliphatic heterocycles. The molecule has 1 heterocycles. The SMILES string of the molecule is CCOC(C)OC1C(=O)OC(c2cccc3ccccc23)=NC1c1ccccc1. The van der Waals surface area contributed by atoms with Crippen molar-refractivity contribution in [2.24, 2.45) is 4.99 Å². The van der Waals surface area contributed by atoms with Crippen LogP contribution in [0.25, 0.3) is 10.8 Å². The number of fused-ring (bicyclic) bond motifs is 1. The number of carbonyl (C=O) groups excluding carboxylic acids is 1. The number of carbonyl (C=O) groups is 1. The number of aliphatic imine (C=N–C) groups is 1. The molecule has 0 saturated heterocycles. The molecule has 0 N–H and O–H groups in total. The minimum Gasteiger partial charge on any atom is -0.405 e. The molecule has 148 valence electrons. The molecule has 0 radical (unpaired) electrons. The minimum atomic E-state index is -0.877. The average Bonchev–Trinajstić information content (AvgIpc) is 2.75. The first-order valence-corrected chi connectivity index (χ1v) is 9.77. The molecular formula is C24H23NO4. The molecule has 1 aliphatic rings. The second-order valence-electron chi connectivity index (χ2n) is 6.82. The van der Waals surface area contributed by atoms with Crippen LogP contribution in [0.15, 0.2) is 77.8 Å². The van der Waals surface area contributed by atoms with E-state index < -0.39 is 24.4 Å². The highest BCUT2D eigenvalue weighted by atomic mass is 16.7. The highest BCUT2D eigenvalue weighted by Gasteiger charge is 2.39. The van der Waals surface area contributed by atoms with Gasteiger partial charge in [0, 0.05) is 12.2 Å². The summed E-state index contributed by atoms with van der Waals surface area (Å²) in [7, 11) is 0. The van der Waals surface area contributed by atoms with Crippen molar-refractivity contribution in [3.05, 3.63) is 83.9 Å². The maximum Gasteiger partial charge on any atom is 0.344 e. The molecule has 4 rings (SSSR count). The van der Waals surface area contributed by atoms with Gasteiger partial charge >= 0.3 is 5.97 Å². The molecule has 3 atom stereocenters. The first-order chi connectivity index (χ1) is 14.2. The summed E-state index contributed by atoms with van der Waals surface area (Å²) in [6, 6.07) is 23.0. The van der Waals surface area contributed by atoms with Crippen LogP contribution in [0.4, 0.5) is 0 Å². The van der Waals surface area contributed by atoms with E-state index in [0.717, 1.165) is 21.9 Å². The number of ether oxygens (including phenoxy) is 3. The lowest BCUT2D eigenvalue weighted by Crippen LogP contribution is -2.40. The molecule has 0 bridgehead atoms. The van der Waals surface area contributed by atoms with Crippen molar-refractivity contribution in [1.29, 1.82) is 0 Å². The Hall–Kier alpha value is -3.02. The first kappa shape index (κ1) is 19.3. The lowest BCUT2D eigenvalue weighted by Gasteiger charge is -2.30. The fourth-order valence-corrected chi connectivity index (χ4v) is 3.55. The Kier molecular flexibility index (Phi) is 5.69. The zero-order valence-electron chi connectivity index (χ0n) is 16.4. The summed E-state index contributed by atoms with van der Waals surface area (Å²) in [5.41, 5.74) is 1.67. The zero-order chi connectivity index (χ0) is 20.2. The minimum absolute atomic E-state index is 0.310. The van der Waals surface area contributed by atoms with Gasteiger partial charge in [0.05, 0.1) is 0 Å². The smallest absolute Gasteiger partial charge is 0.344 e. The van der Waals surface area contributed by atoms with E-state index in [2.05, 4.69) is 0 Å². The molecule has 0 spiro atoms. The van der Waals surface area contributed by atoms with Crippen LogP contribution in [-0.4, -0.2) is 30.9 Å². The summed E-state index contributed by atoms with van der Waals surface area (Å²) in [5.74, 6) is -0.159. The van der Waals surface area contributed by atoms with E-state index in [1.807, 2.05) is 79.7 Å². The monoisotopic (exact) mass is 389 g/mol. The van der Waals surface area contributed by atoms with E-state index in [1.54, 1.807) is 6.92 Å². The summed E-state index contributed by atoms with van der Waals surface area (Å²) >= 11 is 0. The van der Waals surface area contributed by atoms with Crippen LogP contribution >= 0.6 is 0 Å². The molecule has 3 aromatic rings. The van der Waals surface area contributed by atoms with Crippen molar-refractivity contribution < 1.29 is 19.0 Å². The lowest BCUT2D eigenvalue weighted by molar-refractivity contribution is -0.187. The topological polar surface area (TPSA) is 57.1 Å². The molecule has 5 nitrogen and oxygen atoms in total. The standard InChI is InChI=1S/C24H23NO4/c1-3-27-16(2)28-22-21(18-11-5-4-6-12-18)25-23(29-24(22)26)20-15-9-13-17-10-7-8-14-19(17)20/h4-16,21-22H,3H2,1-2H3. The largest absolute Gasteiger partial charge is 0.405 e. The Balaban J connectivity index is 1.78. The van der Waals surface area contributed by atoms with Crippen LogP contribution in [-0.2, 0) is 19.0 Å². The highest BCUT2D eigenvalue weighted by molar-refractivity contribution is 6.11. The van der Waals surface area contributed by atoms with Crippen molar-refractivity contribution in [3.63, 3.8) is 0 Å². The van der Waals surface area contributed by atoms with Gasteiger partial charge in [0.1, 0.15) is 6.04 Å². The van der Waals surface area contributed by atoms with Gasteiger partial charge in [0.15, 0.2) is 12.4 Å². The van der Waals surface area contributed by atoms with Gasteiger partial charge in [0.2, 0.25) is 5.90 Å². The third-order valence-electron chi connectivity index (χ3n) is 4.87. The molecule has 0 aromatic heterocycles. The highest BCUT2D eigenvalue weighted by Crippen LogP contribution is 2.32. The van der Waals surface area contributed by atoms with E-state index in [4.69, 9.17) is 19.2 Å². The molecule has 0 saturated carbocycles. The third-order valence-corrected chi connectivity index (χ3v) is 4.87. The van der Waals surface area contributed by atoms with E-state index in [9.17, 15) is 4.79 Å². The number of rotatable bonds is 6. The molecule has 5 heteroatoms. The average molecular weight is 389 g/mol. The van der Waals surface area contributed by atoms with Gasteiger partial charge in [-0.1, -0.05) is 66.7 Å². The Morgan fingerprint density at radius 1 is 1.00 bits per heavy atom. The fourth-order valence-electron chi connectivity index (χ4n) is 3.55. The van der Waals surface area contributed by atoms with Gasteiger partial charge in [-0.15, -0.1) is 0 Å². The summed E-state index contributed by atoms with van der Waals surface area (Å²) in [6.45, 7) is 4.14. The molecule has 3 aromatic carbocycles. The Morgan fingerprint density at radius 3 is 2.52 bits per heavy atom. The summed E-state index contributed by atoms with van der Waals surface area (Å²) < 4.78 is 17.0. The van der Waals surface area contributed by atoms with Crippen LogP contribution in [0.1, 0.15) is 31.0 Å². The van der Waals surface area contributed by atoms with E-state index >= 15 is 0 Å². The zero-order valence-corrected chi connectivity index (χ0v) is 16.4. The molecule has 0 amide bonds. The van der Waals surface area contributed by atoms with Gasteiger partial charge in [-0.05, 0) is 36.2 Å². The molecule has 29 heavy (non-hydrogen) atoms. The molecular weight excluding hydrogens is 366 g/mol. The van der Waals surface area contributed by atoms with Gasteiger partial charge in [-0.25, -0.2) is 9.79 Å². The second-order valence-corrected chi connectivity index (χ2v) is 6.82. The second kappa shape index (κ2) is 8.55. The number of benzene rings is 3. The van der Waals surface area contributed by atoms with E-state index in [0.29, 0.717) is 12.5 Å². The quantitative estimate of drug-likeness (QED) is 0.455. The summed E-state index contributed by atoms with van der Waals surface area (Å²) in [6.07, 6.45) is -1.42. The normalized spacial score (nSPS) is 20.2.